The second-order valence-corrected chi connectivity index (χ2v) is 6.24. The molecule has 0 radical (unpaired) electrons. The molecule has 6 nitrogen and oxygen atoms in total. The molecule has 0 saturated carbocycles. The van der Waals surface area contributed by atoms with Gasteiger partial charge in [-0.1, -0.05) is 12.1 Å². The van der Waals surface area contributed by atoms with Crippen LogP contribution in [0.2, 0.25) is 0 Å². The summed E-state index contributed by atoms with van der Waals surface area (Å²) in [5.74, 6) is 0.613. The molecule has 0 fully saturated rings. The quantitative estimate of drug-likeness (QED) is 0.630. The van der Waals surface area contributed by atoms with E-state index in [9.17, 15) is 9.59 Å². The van der Waals surface area contributed by atoms with Gasteiger partial charge in [-0.15, -0.1) is 0 Å². The van der Waals surface area contributed by atoms with Gasteiger partial charge in [0.15, 0.2) is 6.10 Å². The van der Waals surface area contributed by atoms with Crippen LogP contribution in [0.25, 0.3) is 11.0 Å². The third kappa shape index (κ3) is 3.95. The standard InChI is InChI=1S/C21H20O6/c1-12-5-6-13(2)17(9-12)27-19-11-25-18-10-15(7-8-16(18)20(19)22)26-14(3)21(23)24-4/h5-11,14H,1-4H3. The van der Waals surface area contributed by atoms with E-state index in [1.165, 1.54) is 13.4 Å². The Kier molecular flexibility index (Phi) is 5.16. The molecule has 0 aliphatic rings. The first-order valence-corrected chi connectivity index (χ1v) is 8.44. The van der Waals surface area contributed by atoms with Crippen LogP contribution in [0.5, 0.6) is 17.2 Å². The van der Waals surface area contributed by atoms with E-state index in [-0.39, 0.29) is 11.2 Å². The maximum Gasteiger partial charge on any atom is 0.346 e. The molecule has 0 aliphatic heterocycles. The Morgan fingerprint density at radius 1 is 1.07 bits per heavy atom. The first-order chi connectivity index (χ1) is 12.9. The van der Waals surface area contributed by atoms with Crippen molar-refractivity contribution in [1.82, 2.24) is 0 Å². The molecule has 1 aromatic heterocycles. The van der Waals surface area contributed by atoms with Crippen molar-refractivity contribution < 1.29 is 23.4 Å². The topological polar surface area (TPSA) is 75.0 Å². The predicted molar refractivity (Wildman–Crippen MR) is 101 cm³/mol. The molecule has 2 aromatic carbocycles. The summed E-state index contributed by atoms with van der Waals surface area (Å²) >= 11 is 0. The Morgan fingerprint density at radius 2 is 1.85 bits per heavy atom. The minimum Gasteiger partial charge on any atom is -0.479 e. The molecule has 0 spiro atoms. The smallest absolute Gasteiger partial charge is 0.346 e. The van der Waals surface area contributed by atoms with E-state index in [0.29, 0.717) is 22.5 Å². The van der Waals surface area contributed by atoms with E-state index in [2.05, 4.69) is 4.74 Å². The van der Waals surface area contributed by atoms with Gasteiger partial charge in [0.2, 0.25) is 11.2 Å². The van der Waals surface area contributed by atoms with E-state index in [4.69, 9.17) is 13.9 Å². The van der Waals surface area contributed by atoms with Gasteiger partial charge in [0, 0.05) is 6.07 Å². The normalized spacial score (nSPS) is 11.9. The van der Waals surface area contributed by atoms with Crippen LogP contribution >= 0.6 is 0 Å². The molecule has 0 aliphatic carbocycles. The van der Waals surface area contributed by atoms with E-state index in [1.807, 2.05) is 32.0 Å². The summed E-state index contributed by atoms with van der Waals surface area (Å²) < 4.78 is 21.5. The molecular formula is C21H20O6. The van der Waals surface area contributed by atoms with Gasteiger partial charge in [0.05, 0.1) is 12.5 Å². The lowest BCUT2D eigenvalue weighted by atomic mass is 10.1. The second kappa shape index (κ2) is 7.53. The van der Waals surface area contributed by atoms with E-state index < -0.39 is 12.1 Å². The van der Waals surface area contributed by atoms with E-state index in [1.54, 1.807) is 25.1 Å². The van der Waals surface area contributed by atoms with Crippen LogP contribution < -0.4 is 14.9 Å². The van der Waals surface area contributed by atoms with Gasteiger partial charge in [-0.05, 0) is 50.1 Å². The lowest BCUT2D eigenvalue weighted by Gasteiger charge is -2.13. The molecule has 1 unspecified atom stereocenters. The summed E-state index contributed by atoms with van der Waals surface area (Å²) in [7, 11) is 1.29. The fraction of sp³-hybridized carbons (Fsp3) is 0.238. The number of carbonyl (C=O) groups excluding carboxylic acids is 1. The Bertz CT molecular complexity index is 1050. The summed E-state index contributed by atoms with van der Waals surface area (Å²) in [5, 5.41) is 0.357. The molecular weight excluding hydrogens is 348 g/mol. The van der Waals surface area contributed by atoms with Crippen LogP contribution in [0.4, 0.5) is 0 Å². The molecule has 140 valence electrons. The minimum atomic E-state index is -0.772. The first kappa shape index (κ1) is 18.5. The predicted octanol–water partition coefficient (Wildman–Crippen LogP) is 4.14. The maximum atomic E-state index is 12.7. The number of hydrogen-bond donors (Lipinski definition) is 0. The average molecular weight is 368 g/mol. The Hall–Kier alpha value is -3.28. The molecule has 1 heterocycles. The molecule has 0 N–H and O–H groups in total. The number of fused-ring (bicyclic) bond motifs is 1. The lowest BCUT2D eigenvalue weighted by Crippen LogP contribution is -2.24. The Balaban J connectivity index is 1.91. The van der Waals surface area contributed by atoms with Crippen molar-refractivity contribution in [2.45, 2.75) is 26.9 Å². The minimum absolute atomic E-state index is 0.104. The van der Waals surface area contributed by atoms with Gasteiger partial charge in [-0.25, -0.2) is 4.79 Å². The van der Waals surface area contributed by atoms with Crippen LogP contribution in [0, 0.1) is 13.8 Å². The second-order valence-electron chi connectivity index (χ2n) is 6.24. The number of aryl methyl sites for hydroxylation is 2. The van der Waals surface area contributed by atoms with Gasteiger partial charge in [-0.2, -0.15) is 0 Å². The summed E-state index contributed by atoms with van der Waals surface area (Å²) in [4.78, 5) is 24.2. The monoisotopic (exact) mass is 368 g/mol. The number of esters is 1. The van der Waals surface area contributed by atoms with Crippen LogP contribution in [-0.4, -0.2) is 19.2 Å². The van der Waals surface area contributed by atoms with Gasteiger partial charge >= 0.3 is 5.97 Å². The van der Waals surface area contributed by atoms with Gasteiger partial charge in [0.1, 0.15) is 23.3 Å². The van der Waals surface area contributed by atoms with Crippen molar-refractivity contribution >= 4 is 16.9 Å². The van der Waals surface area contributed by atoms with E-state index >= 15 is 0 Å². The van der Waals surface area contributed by atoms with Gasteiger partial charge in [0.25, 0.3) is 0 Å². The number of methoxy groups -OCH3 is 1. The molecule has 1 atom stereocenters. The van der Waals surface area contributed by atoms with E-state index in [0.717, 1.165) is 11.1 Å². The molecule has 6 heteroatoms. The Morgan fingerprint density at radius 3 is 2.59 bits per heavy atom. The molecule has 0 bridgehead atoms. The average Bonchev–Trinajstić information content (AvgIpc) is 2.66. The summed E-state index contributed by atoms with van der Waals surface area (Å²) in [5.41, 5.74) is 2.00. The largest absolute Gasteiger partial charge is 0.479 e. The number of rotatable bonds is 5. The SMILES string of the molecule is COC(=O)C(C)Oc1ccc2c(=O)c(Oc3cc(C)ccc3C)coc2c1. The van der Waals surface area contributed by atoms with Gasteiger partial charge in [-0.3, -0.25) is 4.79 Å². The highest BCUT2D eigenvalue weighted by atomic mass is 16.6. The lowest BCUT2D eigenvalue weighted by molar-refractivity contribution is -0.147. The highest BCUT2D eigenvalue weighted by molar-refractivity contribution is 5.79. The van der Waals surface area contributed by atoms with Crippen molar-refractivity contribution in [3.63, 3.8) is 0 Å². The van der Waals surface area contributed by atoms with Crippen molar-refractivity contribution in [2.24, 2.45) is 0 Å². The zero-order chi connectivity index (χ0) is 19.6. The summed E-state index contributed by atoms with van der Waals surface area (Å²) in [6.07, 6.45) is 0.506. The number of carbonyl (C=O) groups is 1. The van der Waals surface area contributed by atoms with Crippen molar-refractivity contribution in [2.75, 3.05) is 7.11 Å². The third-order valence-electron chi connectivity index (χ3n) is 4.12. The zero-order valence-electron chi connectivity index (χ0n) is 15.6. The van der Waals surface area contributed by atoms with Gasteiger partial charge < -0.3 is 18.6 Å². The highest BCUT2D eigenvalue weighted by Crippen LogP contribution is 2.27. The summed E-state index contributed by atoms with van der Waals surface area (Å²) in [6, 6.07) is 10.5. The van der Waals surface area contributed by atoms with Crippen molar-refractivity contribution in [3.05, 3.63) is 64.0 Å². The molecule has 3 aromatic rings. The van der Waals surface area contributed by atoms with Crippen LogP contribution in [0.15, 0.2) is 51.9 Å². The van der Waals surface area contributed by atoms with Crippen LogP contribution in [-0.2, 0) is 9.53 Å². The molecule has 3 rings (SSSR count). The fourth-order valence-corrected chi connectivity index (χ4v) is 2.59. The van der Waals surface area contributed by atoms with Crippen molar-refractivity contribution in [1.29, 1.82) is 0 Å². The first-order valence-electron chi connectivity index (χ1n) is 8.44. The molecule has 0 saturated heterocycles. The third-order valence-corrected chi connectivity index (χ3v) is 4.12. The number of ether oxygens (including phenoxy) is 3. The maximum absolute atomic E-state index is 12.7. The van der Waals surface area contributed by atoms with Crippen LogP contribution in [0.1, 0.15) is 18.1 Å². The number of hydrogen-bond acceptors (Lipinski definition) is 6. The van der Waals surface area contributed by atoms with Crippen LogP contribution in [0.3, 0.4) is 0 Å². The fourth-order valence-electron chi connectivity index (χ4n) is 2.59. The highest BCUT2D eigenvalue weighted by Gasteiger charge is 2.16. The Labute approximate surface area is 156 Å². The van der Waals surface area contributed by atoms with Crippen molar-refractivity contribution in [3.8, 4) is 17.2 Å². The molecule has 27 heavy (non-hydrogen) atoms. The number of benzene rings is 2. The molecule has 0 amide bonds. The zero-order valence-corrected chi connectivity index (χ0v) is 15.6. The summed E-state index contributed by atoms with van der Waals surface area (Å²) in [6.45, 7) is 5.43.